The van der Waals surface area contributed by atoms with Gasteiger partial charge in [0.25, 0.3) is 11.1 Å². The number of carbonyl (C=O) groups excluding carboxylic acids is 2. The van der Waals surface area contributed by atoms with Gasteiger partial charge in [0, 0.05) is 20.1 Å². The van der Waals surface area contributed by atoms with Crippen LogP contribution in [0.2, 0.25) is 10.0 Å². The summed E-state index contributed by atoms with van der Waals surface area (Å²) in [4.78, 5) is 27.0. The van der Waals surface area contributed by atoms with Crippen molar-refractivity contribution < 1.29 is 19.1 Å². The van der Waals surface area contributed by atoms with Gasteiger partial charge in [0.15, 0.2) is 11.5 Å². The third kappa shape index (κ3) is 5.78. The number of ether oxygens (including phenoxy) is 2. The Kier molecular flexibility index (Phi) is 7.88. The van der Waals surface area contributed by atoms with E-state index in [4.69, 9.17) is 32.7 Å². The van der Waals surface area contributed by atoms with Crippen LogP contribution in [0.25, 0.3) is 6.08 Å². The van der Waals surface area contributed by atoms with Crippen LogP contribution in [0.5, 0.6) is 11.5 Å². The van der Waals surface area contributed by atoms with Crippen molar-refractivity contribution in [2.45, 2.75) is 13.2 Å². The van der Waals surface area contributed by atoms with Gasteiger partial charge in [-0.25, -0.2) is 0 Å². The lowest BCUT2D eigenvalue weighted by Crippen LogP contribution is -2.27. The SMILES string of the molecule is COc1ccc(/C=C2\SC(=O)N(Cc3ccc(Br)cc3)C2=O)cc1OCc1ccc(Cl)cc1Cl. The van der Waals surface area contributed by atoms with Crippen LogP contribution in [-0.4, -0.2) is 23.2 Å². The molecule has 2 amide bonds. The van der Waals surface area contributed by atoms with Crippen molar-refractivity contribution in [2.24, 2.45) is 0 Å². The predicted molar refractivity (Wildman–Crippen MR) is 139 cm³/mol. The molecular formula is C25H18BrCl2NO4S. The molecule has 0 aromatic heterocycles. The Labute approximate surface area is 219 Å². The van der Waals surface area contributed by atoms with Gasteiger partial charge in [-0.15, -0.1) is 0 Å². The average Bonchev–Trinajstić information content (AvgIpc) is 3.07. The third-order valence-electron chi connectivity index (χ3n) is 5.01. The molecule has 3 aromatic rings. The van der Waals surface area contributed by atoms with Crippen LogP contribution in [0, 0.1) is 0 Å². The van der Waals surface area contributed by atoms with E-state index < -0.39 is 0 Å². The lowest BCUT2D eigenvalue weighted by molar-refractivity contribution is -0.123. The zero-order valence-corrected chi connectivity index (χ0v) is 21.8. The number of halogens is 3. The van der Waals surface area contributed by atoms with E-state index in [1.54, 1.807) is 49.6 Å². The van der Waals surface area contributed by atoms with E-state index in [1.807, 2.05) is 24.3 Å². The van der Waals surface area contributed by atoms with E-state index in [2.05, 4.69) is 15.9 Å². The molecule has 1 heterocycles. The molecule has 34 heavy (non-hydrogen) atoms. The molecule has 1 aliphatic heterocycles. The molecule has 0 radical (unpaired) electrons. The summed E-state index contributed by atoms with van der Waals surface area (Å²) in [5, 5.41) is 0.742. The lowest BCUT2D eigenvalue weighted by Gasteiger charge is -2.13. The van der Waals surface area contributed by atoms with Gasteiger partial charge in [-0.05, 0) is 65.4 Å². The van der Waals surface area contributed by atoms with Gasteiger partial charge in [-0.3, -0.25) is 14.5 Å². The van der Waals surface area contributed by atoms with E-state index in [-0.39, 0.29) is 24.3 Å². The smallest absolute Gasteiger partial charge is 0.293 e. The largest absolute Gasteiger partial charge is 0.493 e. The predicted octanol–water partition coefficient (Wildman–Crippen LogP) is 7.58. The van der Waals surface area contributed by atoms with Crippen LogP contribution < -0.4 is 9.47 Å². The van der Waals surface area contributed by atoms with Crippen LogP contribution in [0.15, 0.2) is 70.0 Å². The molecule has 1 saturated heterocycles. The number of nitrogens with zero attached hydrogens (tertiary/aromatic N) is 1. The summed E-state index contributed by atoms with van der Waals surface area (Å²) in [6.45, 7) is 0.424. The van der Waals surface area contributed by atoms with Crippen LogP contribution in [0.1, 0.15) is 16.7 Å². The first-order chi connectivity index (χ1) is 16.3. The van der Waals surface area contributed by atoms with Crippen molar-refractivity contribution >= 4 is 68.1 Å². The molecule has 0 bridgehead atoms. The first-order valence-corrected chi connectivity index (χ1v) is 12.4. The maximum Gasteiger partial charge on any atom is 0.293 e. The zero-order valence-electron chi connectivity index (χ0n) is 17.9. The van der Waals surface area contributed by atoms with Gasteiger partial charge in [-0.2, -0.15) is 0 Å². The van der Waals surface area contributed by atoms with E-state index in [0.29, 0.717) is 32.0 Å². The summed E-state index contributed by atoms with van der Waals surface area (Å²) < 4.78 is 12.3. The number of hydrogen-bond donors (Lipinski definition) is 0. The summed E-state index contributed by atoms with van der Waals surface area (Å²) in [6, 6.07) is 18.0. The van der Waals surface area contributed by atoms with Crippen LogP contribution in [-0.2, 0) is 17.9 Å². The Hall–Kier alpha value is -2.45. The number of carbonyl (C=O) groups is 2. The van der Waals surface area contributed by atoms with Crippen LogP contribution in [0.3, 0.4) is 0 Å². The van der Waals surface area contributed by atoms with E-state index in [1.165, 1.54) is 4.90 Å². The fraction of sp³-hybridized carbons (Fsp3) is 0.120. The molecule has 5 nitrogen and oxygen atoms in total. The van der Waals surface area contributed by atoms with E-state index in [0.717, 1.165) is 27.4 Å². The fourth-order valence-electron chi connectivity index (χ4n) is 3.25. The summed E-state index contributed by atoms with van der Waals surface area (Å²) in [7, 11) is 1.55. The number of imide groups is 1. The quantitative estimate of drug-likeness (QED) is 0.270. The molecule has 0 atom stereocenters. The van der Waals surface area contributed by atoms with Gasteiger partial charge < -0.3 is 9.47 Å². The second-order valence-electron chi connectivity index (χ2n) is 7.33. The van der Waals surface area contributed by atoms with Crippen LogP contribution >= 0.6 is 50.9 Å². The van der Waals surface area contributed by atoms with Crippen molar-refractivity contribution in [3.63, 3.8) is 0 Å². The van der Waals surface area contributed by atoms with Gasteiger partial charge in [-0.1, -0.05) is 63.4 Å². The topological polar surface area (TPSA) is 55.8 Å². The van der Waals surface area contributed by atoms with Gasteiger partial charge in [0.05, 0.1) is 18.6 Å². The fourth-order valence-corrected chi connectivity index (χ4v) is 4.82. The molecule has 1 fully saturated rings. The first-order valence-electron chi connectivity index (χ1n) is 10.1. The summed E-state index contributed by atoms with van der Waals surface area (Å²) in [5.74, 6) is 0.686. The maximum atomic E-state index is 12.9. The molecule has 1 aliphatic rings. The minimum Gasteiger partial charge on any atom is -0.493 e. The standard InChI is InChI=1S/C25H18BrCl2NO4S/c1-32-21-9-4-16(10-22(21)33-14-17-5-8-19(27)12-20(17)28)11-23-24(30)29(25(31)34-23)13-15-2-6-18(26)7-3-15/h2-12H,13-14H2,1H3/b23-11-. The van der Waals surface area contributed by atoms with Crippen molar-refractivity contribution in [3.05, 3.63) is 96.8 Å². The molecule has 0 saturated carbocycles. The van der Waals surface area contributed by atoms with Crippen molar-refractivity contribution in [2.75, 3.05) is 7.11 Å². The molecule has 4 rings (SSSR count). The van der Waals surface area contributed by atoms with Crippen molar-refractivity contribution in [3.8, 4) is 11.5 Å². The zero-order chi connectivity index (χ0) is 24.2. The Bertz CT molecular complexity index is 1280. The molecule has 0 unspecified atom stereocenters. The molecular weight excluding hydrogens is 561 g/mol. The Morgan fingerprint density at radius 2 is 1.76 bits per heavy atom. The maximum absolute atomic E-state index is 12.9. The third-order valence-corrected chi connectivity index (χ3v) is 7.03. The summed E-state index contributed by atoms with van der Waals surface area (Å²) in [6.07, 6.45) is 1.67. The summed E-state index contributed by atoms with van der Waals surface area (Å²) >= 11 is 16.5. The highest BCUT2D eigenvalue weighted by atomic mass is 79.9. The first kappa shape index (κ1) is 24.7. The summed E-state index contributed by atoms with van der Waals surface area (Å²) in [5.41, 5.74) is 2.34. The minimum atomic E-state index is -0.329. The minimum absolute atomic E-state index is 0.208. The highest BCUT2D eigenvalue weighted by Gasteiger charge is 2.35. The second-order valence-corrected chi connectivity index (χ2v) is 10.1. The normalized spacial score (nSPS) is 14.7. The number of benzene rings is 3. The molecule has 3 aromatic carbocycles. The van der Waals surface area contributed by atoms with Crippen LogP contribution in [0.4, 0.5) is 4.79 Å². The van der Waals surface area contributed by atoms with Gasteiger partial charge in [0.2, 0.25) is 0 Å². The molecule has 0 spiro atoms. The Balaban J connectivity index is 1.52. The van der Waals surface area contributed by atoms with Gasteiger partial charge in [0.1, 0.15) is 6.61 Å². The van der Waals surface area contributed by atoms with Crippen molar-refractivity contribution in [1.82, 2.24) is 4.90 Å². The number of amides is 2. The molecule has 174 valence electrons. The molecule has 9 heteroatoms. The monoisotopic (exact) mass is 577 g/mol. The molecule has 0 aliphatic carbocycles. The second kappa shape index (κ2) is 10.9. The number of methoxy groups -OCH3 is 1. The highest BCUT2D eigenvalue weighted by Crippen LogP contribution is 2.36. The number of rotatable bonds is 7. The number of hydrogen-bond acceptors (Lipinski definition) is 5. The van der Waals surface area contributed by atoms with E-state index >= 15 is 0 Å². The highest BCUT2D eigenvalue weighted by molar-refractivity contribution is 9.10. The number of thioether (sulfide) groups is 1. The van der Waals surface area contributed by atoms with E-state index in [9.17, 15) is 9.59 Å². The lowest BCUT2D eigenvalue weighted by atomic mass is 10.1. The van der Waals surface area contributed by atoms with Gasteiger partial charge >= 0.3 is 0 Å². The Morgan fingerprint density at radius 3 is 2.47 bits per heavy atom. The molecule has 0 N–H and O–H groups in total. The average molecular weight is 579 g/mol. The van der Waals surface area contributed by atoms with Crippen molar-refractivity contribution in [1.29, 1.82) is 0 Å². The Morgan fingerprint density at radius 1 is 1.00 bits per heavy atom.